The van der Waals surface area contributed by atoms with E-state index in [1.807, 2.05) is 0 Å². The van der Waals surface area contributed by atoms with Gasteiger partial charge in [-0.25, -0.2) is 0 Å². The summed E-state index contributed by atoms with van der Waals surface area (Å²) < 4.78 is 24.4. The van der Waals surface area contributed by atoms with Crippen molar-refractivity contribution in [3.63, 3.8) is 0 Å². The summed E-state index contributed by atoms with van der Waals surface area (Å²) in [5.41, 5.74) is 0. The zero-order valence-corrected chi connectivity index (χ0v) is 20.5. The molecule has 0 amide bonds. The highest BCUT2D eigenvalue weighted by atomic mass is 31.2. The molecule has 170 valence electrons. The smallest absolute Gasteiger partial charge is 0.200 e. The van der Waals surface area contributed by atoms with Gasteiger partial charge in [0.05, 0.1) is 0 Å². The second kappa shape index (κ2) is 18.2. The van der Waals surface area contributed by atoms with Crippen LogP contribution in [-0.2, 0) is 9.13 Å². The Morgan fingerprint density at radius 1 is 0.429 bits per heavy atom. The molecular weight excluding hydrogens is 390 g/mol. The molecule has 0 bridgehead atoms. The maximum Gasteiger partial charge on any atom is 0.200 e. The minimum Gasteiger partial charge on any atom is -0.344 e. The fourth-order valence-corrected chi connectivity index (χ4v) is 6.89. The molecule has 0 heterocycles. The van der Waals surface area contributed by atoms with E-state index in [4.69, 9.17) is 0 Å². The molecule has 2 N–H and O–H groups in total. The van der Waals surface area contributed by atoms with Gasteiger partial charge in [-0.05, 0) is 25.7 Å². The van der Waals surface area contributed by atoms with Crippen LogP contribution in [-0.4, -0.2) is 34.4 Å². The first-order valence-corrected chi connectivity index (χ1v) is 16.0. The van der Waals surface area contributed by atoms with Crippen LogP contribution in [0.25, 0.3) is 0 Å². The molecule has 2 atom stereocenters. The molecular formula is C22H48O4P2. The summed E-state index contributed by atoms with van der Waals surface area (Å²) in [6, 6.07) is 0. The average Bonchev–Trinajstić information content (AvgIpc) is 2.64. The van der Waals surface area contributed by atoms with Crippen molar-refractivity contribution >= 4 is 14.7 Å². The fourth-order valence-electron chi connectivity index (χ4n) is 3.57. The molecule has 0 aromatic carbocycles. The van der Waals surface area contributed by atoms with E-state index in [0.717, 1.165) is 51.4 Å². The van der Waals surface area contributed by atoms with E-state index in [1.54, 1.807) is 0 Å². The van der Waals surface area contributed by atoms with Crippen LogP contribution in [0.2, 0.25) is 0 Å². The number of rotatable bonds is 21. The normalized spacial score (nSPS) is 16.0. The Labute approximate surface area is 175 Å². The molecule has 0 saturated carbocycles. The van der Waals surface area contributed by atoms with E-state index < -0.39 is 14.7 Å². The third-order valence-electron chi connectivity index (χ3n) is 5.49. The van der Waals surface area contributed by atoms with Gasteiger partial charge in [0.1, 0.15) is 0 Å². The Bertz CT molecular complexity index is 400. The van der Waals surface area contributed by atoms with Gasteiger partial charge in [-0.3, -0.25) is 9.13 Å². The lowest BCUT2D eigenvalue weighted by molar-refractivity contribution is 0.465. The first-order chi connectivity index (χ1) is 13.3. The van der Waals surface area contributed by atoms with Crippen molar-refractivity contribution in [3.05, 3.63) is 0 Å². The summed E-state index contributed by atoms with van der Waals surface area (Å²) in [5.74, 6) is 0. The van der Waals surface area contributed by atoms with Crippen LogP contribution in [0.15, 0.2) is 0 Å². The molecule has 0 aromatic rings. The maximum atomic E-state index is 12.2. The maximum absolute atomic E-state index is 12.2. The molecule has 4 nitrogen and oxygen atoms in total. The molecule has 2 unspecified atom stereocenters. The number of unbranched alkanes of at least 4 members (excludes halogenated alkanes) is 13. The lowest BCUT2D eigenvalue weighted by Crippen LogP contribution is -1.98. The van der Waals surface area contributed by atoms with E-state index >= 15 is 0 Å². The standard InChI is InChI=1S/C22H48O4P2/c1-3-5-7-9-11-15-19-27(23,24)21-17-13-14-18-22-28(25,26)20-16-12-10-8-6-4-2/h3-22H2,1-2H3,(H,23,24)(H,25,26). The first kappa shape index (κ1) is 28.4. The Kier molecular flexibility index (Phi) is 18.4. The predicted octanol–water partition coefficient (Wildman–Crippen LogP) is 7.81. The van der Waals surface area contributed by atoms with Gasteiger partial charge < -0.3 is 9.79 Å². The molecule has 0 saturated heterocycles. The molecule has 0 aliphatic heterocycles. The summed E-state index contributed by atoms with van der Waals surface area (Å²) in [6.07, 6.45) is 18.7. The third kappa shape index (κ3) is 19.7. The summed E-state index contributed by atoms with van der Waals surface area (Å²) in [6.45, 7) is 4.38. The molecule has 0 aromatic heterocycles. The van der Waals surface area contributed by atoms with E-state index in [2.05, 4.69) is 13.8 Å². The van der Waals surface area contributed by atoms with E-state index in [0.29, 0.717) is 24.6 Å². The van der Waals surface area contributed by atoms with Gasteiger partial charge >= 0.3 is 0 Å². The van der Waals surface area contributed by atoms with Crippen LogP contribution in [0, 0.1) is 0 Å². The van der Waals surface area contributed by atoms with E-state index in [1.165, 1.54) is 51.4 Å². The number of hydrogen-bond acceptors (Lipinski definition) is 2. The van der Waals surface area contributed by atoms with Crippen LogP contribution in [0.4, 0.5) is 0 Å². The predicted molar refractivity (Wildman–Crippen MR) is 124 cm³/mol. The Morgan fingerprint density at radius 3 is 0.893 bits per heavy atom. The zero-order chi connectivity index (χ0) is 21.1. The third-order valence-corrected chi connectivity index (χ3v) is 9.55. The quantitative estimate of drug-likeness (QED) is 0.142. The summed E-state index contributed by atoms with van der Waals surface area (Å²) in [7, 11) is -5.92. The van der Waals surface area contributed by atoms with Crippen LogP contribution in [0.5, 0.6) is 0 Å². The molecule has 0 aliphatic carbocycles. The van der Waals surface area contributed by atoms with E-state index in [-0.39, 0.29) is 0 Å². The highest BCUT2D eigenvalue weighted by Crippen LogP contribution is 2.44. The minimum absolute atomic E-state index is 0.413. The largest absolute Gasteiger partial charge is 0.344 e. The molecule has 0 spiro atoms. The van der Waals surface area contributed by atoms with Crippen molar-refractivity contribution in [2.75, 3.05) is 24.6 Å². The molecule has 6 heteroatoms. The Hall–Kier alpha value is 0.380. The Balaban J connectivity index is 3.61. The van der Waals surface area contributed by atoms with Crippen molar-refractivity contribution in [1.29, 1.82) is 0 Å². The lowest BCUT2D eigenvalue weighted by Gasteiger charge is -2.13. The topological polar surface area (TPSA) is 74.6 Å². The molecule has 28 heavy (non-hydrogen) atoms. The van der Waals surface area contributed by atoms with Crippen LogP contribution in [0.3, 0.4) is 0 Å². The van der Waals surface area contributed by atoms with Crippen LogP contribution in [0.1, 0.15) is 117 Å². The van der Waals surface area contributed by atoms with Crippen LogP contribution < -0.4 is 0 Å². The summed E-state index contributed by atoms with van der Waals surface area (Å²) >= 11 is 0. The van der Waals surface area contributed by atoms with Crippen molar-refractivity contribution in [3.8, 4) is 0 Å². The molecule has 0 aliphatic rings. The van der Waals surface area contributed by atoms with Crippen molar-refractivity contribution in [2.24, 2.45) is 0 Å². The fraction of sp³-hybridized carbons (Fsp3) is 1.00. The summed E-state index contributed by atoms with van der Waals surface area (Å²) in [4.78, 5) is 20.1. The van der Waals surface area contributed by atoms with Crippen LogP contribution >= 0.6 is 14.7 Å². The van der Waals surface area contributed by atoms with Crippen molar-refractivity contribution in [1.82, 2.24) is 0 Å². The van der Waals surface area contributed by atoms with Gasteiger partial charge in [-0.15, -0.1) is 0 Å². The lowest BCUT2D eigenvalue weighted by atomic mass is 10.1. The van der Waals surface area contributed by atoms with Gasteiger partial charge in [-0.2, -0.15) is 0 Å². The van der Waals surface area contributed by atoms with Gasteiger partial charge in [0, 0.05) is 24.6 Å². The first-order valence-electron chi connectivity index (χ1n) is 11.9. The van der Waals surface area contributed by atoms with Crippen molar-refractivity contribution < 1.29 is 18.9 Å². The number of hydrogen-bond donors (Lipinski definition) is 2. The van der Waals surface area contributed by atoms with Gasteiger partial charge in [0.25, 0.3) is 0 Å². The molecule has 0 radical (unpaired) electrons. The van der Waals surface area contributed by atoms with Gasteiger partial charge in [0.2, 0.25) is 14.7 Å². The van der Waals surface area contributed by atoms with Gasteiger partial charge in [0.15, 0.2) is 0 Å². The van der Waals surface area contributed by atoms with Crippen molar-refractivity contribution in [2.45, 2.75) is 117 Å². The molecule has 0 fully saturated rings. The second-order valence-corrected chi connectivity index (χ2v) is 13.7. The average molecular weight is 439 g/mol. The summed E-state index contributed by atoms with van der Waals surface area (Å²) in [5, 5.41) is 0. The highest BCUT2D eigenvalue weighted by molar-refractivity contribution is 7.58. The minimum atomic E-state index is -2.96. The highest BCUT2D eigenvalue weighted by Gasteiger charge is 2.18. The second-order valence-electron chi connectivity index (χ2n) is 8.54. The van der Waals surface area contributed by atoms with E-state index in [9.17, 15) is 18.9 Å². The SMILES string of the molecule is CCCCCCCCP(=O)(O)CCCCCCP(=O)(O)CCCCCCCC. The Morgan fingerprint density at radius 2 is 0.643 bits per heavy atom. The monoisotopic (exact) mass is 438 g/mol. The van der Waals surface area contributed by atoms with Gasteiger partial charge in [-0.1, -0.05) is 90.9 Å². The zero-order valence-electron chi connectivity index (χ0n) is 18.7. The molecule has 0 rings (SSSR count).